The molecule has 0 bridgehead atoms. The number of aldehydes is 1. The van der Waals surface area contributed by atoms with Crippen LogP contribution in [0.2, 0.25) is 0 Å². The molecule has 5 nitrogen and oxygen atoms in total. The van der Waals surface area contributed by atoms with Gasteiger partial charge in [0.05, 0.1) is 7.11 Å². The van der Waals surface area contributed by atoms with Crippen LogP contribution in [0.1, 0.15) is 23.2 Å². The molecule has 0 spiro atoms. The van der Waals surface area contributed by atoms with E-state index in [4.69, 9.17) is 0 Å². The lowest BCUT2D eigenvalue weighted by Gasteiger charge is -2.03. The van der Waals surface area contributed by atoms with Gasteiger partial charge in [0.2, 0.25) is 0 Å². The van der Waals surface area contributed by atoms with Gasteiger partial charge in [-0.15, -0.1) is 0 Å². The molecule has 0 aliphatic carbocycles. The molecule has 2 rings (SSSR count). The van der Waals surface area contributed by atoms with E-state index < -0.39 is 0 Å². The van der Waals surface area contributed by atoms with Gasteiger partial charge < -0.3 is 9.30 Å². The molecule has 0 aromatic carbocycles. The Bertz CT molecular complexity index is 575. The summed E-state index contributed by atoms with van der Waals surface area (Å²) in [6.45, 7) is 0.635. The van der Waals surface area contributed by atoms with Crippen molar-refractivity contribution in [1.82, 2.24) is 9.55 Å². The number of aromatic nitrogens is 2. The number of hydrogen-bond donors (Lipinski definition) is 0. The lowest BCUT2D eigenvalue weighted by molar-refractivity contribution is -0.140. The molecule has 0 aliphatic heterocycles. The molecule has 18 heavy (non-hydrogen) atoms. The van der Waals surface area contributed by atoms with Crippen LogP contribution >= 0.6 is 0 Å². The lowest BCUT2D eigenvalue weighted by atomic mass is 10.2. The van der Waals surface area contributed by atoms with E-state index in [0.29, 0.717) is 24.9 Å². The Morgan fingerprint density at radius 3 is 3.11 bits per heavy atom. The van der Waals surface area contributed by atoms with Gasteiger partial charge in [0, 0.05) is 36.3 Å². The molecule has 0 radical (unpaired) electrons. The third-order valence-corrected chi connectivity index (χ3v) is 2.80. The summed E-state index contributed by atoms with van der Waals surface area (Å²) in [5, 5.41) is 0.838. The molecule has 94 valence electrons. The number of carbonyl (C=O) groups excluding carboxylic acids is 2. The maximum atomic E-state index is 11.0. The zero-order chi connectivity index (χ0) is 13.0. The molecular formula is C13H14N2O3. The van der Waals surface area contributed by atoms with Crippen molar-refractivity contribution in [3.05, 3.63) is 30.1 Å². The number of methoxy groups -OCH3 is 1. The van der Waals surface area contributed by atoms with Gasteiger partial charge in [-0.1, -0.05) is 0 Å². The summed E-state index contributed by atoms with van der Waals surface area (Å²) in [6, 6.07) is 3.66. The van der Waals surface area contributed by atoms with Crippen molar-refractivity contribution < 1.29 is 14.3 Å². The Kier molecular flexibility index (Phi) is 3.72. The molecule has 0 unspecified atom stereocenters. The summed E-state index contributed by atoms with van der Waals surface area (Å²) in [5.41, 5.74) is 1.39. The van der Waals surface area contributed by atoms with Gasteiger partial charge in [0.1, 0.15) is 5.65 Å². The first-order chi connectivity index (χ1) is 8.76. The highest BCUT2D eigenvalue weighted by Gasteiger charge is 2.08. The van der Waals surface area contributed by atoms with Crippen molar-refractivity contribution in [3.63, 3.8) is 0 Å². The van der Waals surface area contributed by atoms with Gasteiger partial charge in [-0.05, 0) is 18.6 Å². The second-order valence-electron chi connectivity index (χ2n) is 3.95. The summed E-state index contributed by atoms with van der Waals surface area (Å²) >= 11 is 0. The van der Waals surface area contributed by atoms with Crippen molar-refractivity contribution in [1.29, 1.82) is 0 Å². The molecule has 0 saturated carbocycles. The summed E-state index contributed by atoms with van der Waals surface area (Å²) < 4.78 is 6.47. The quantitative estimate of drug-likeness (QED) is 0.596. The number of aryl methyl sites for hydroxylation is 1. The fourth-order valence-electron chi connectivity index (χ4n) is 1.91. The van der Waals surface area contributed by atoms with Crippen LogP contribution in [0.3, 0.4) is 0 Å². The summed E-state index contributed by atoms with van der Waals surface area (Å²) in [5.74, 6) is -0.227. The van der Waals surface area contributed by atoms with E-state index in [1.807, 2.05) is 10.6 Å². The van der Waals surface area contributed by atoms with E-state index in [-0.39, 0.29) is 5.97 Å². The van der Waals surface area contributed by atoms with Gasteiger partial charge in [0.15, 0.2) is 6.29 Å². The van der Waals surface area contributed by atoms with Crippen molar-refractivity contribution in [3.8, 4) is 0 Å². The van der Waals surface area contributed by atoms with Crippen LogP contribution < -0.4 is 0 Å². The third-order valence-electron chi connectivity index (χ3n) is 2.80. The molecule has 2 aromatic rings. The average molecular weight is 246 g/mol. The molecule has 2 aromatic heterocycles. The Morgan fingerprint density at radius 2 is 2.39 bits per heavy atom. The third kappa shape index (κ3) is 2.40. The van der Waals surface area contributed by atoms with Crippen molar-refractivity contribution >= 4 is 23.3 Å². The minimum Gasteiger partial charge on any atom is -0.469 e. The number of carbonyl (C=O) groups is 2. The molecule has 0 fully saturated rings. The van der Waals surface area contributed by atoms with E-state index in [0.717, 1.165) is 17.3 Å². The van der Waals surface area contributed by atoms with Crippen molar-refractivity contribution in [2.45, 2.75) is 19.4 Å². The Hall–Kier alpha value is -2.17. The van der Waals surface area contributed by atoms with E-state index in [9.17, 15) is 9.59 Å². The molecule has 2 heterocycles. The average Bonchev–Trinajstić information content (AvgIpc) is 2.77. The minimum atomic E-state index is -0.227. The maximum absolute atomic E-state index is 11.0. The van der Waals surface area contributed by atoms with Gasteiger partial charge in [-0.25, -0.2) is 4.98 Å². The number of esters is 1. The SMILES string of the molecule is COC(=O)CCCn1cc(C=O)c2cccnc21. The Labute approximate surface area is 104 Å². The van der Waals surface area contributed by atoms with Crippen molar-refractivity contribution in [2.24, 2.45) is 0 Å². The zero-order valence-corrected chi connectivity index (χ0v) is 10.1. The largest absolute Gasteiger partial charge is 0.469 e. The van der Waals surface area contributed by atoms with Gasteiger partial charge >= 0.3 is 5.97 Å². The first-order valence-corrected chi connectivity index (χ1v) is 5.72. The second kappa shape index (κ2) is 5.44. The van der Waals surface area contributed by atoms with Gasteiger partial charge in [-0.3, -0.25) is 9.59 Å². The molecule has 0 N–H and O–H groups in total. The molecule has 0 atom stereocenters. The number of hydrogen-bond acceptors (Lipinski definition) is 4. The van der Waals surface area contributed by atoms with Crippen LogP contribution in [0, 0.1) is 0 Å². The van der Waals surface area contributed by atoms with E-state index in [1.165, 1.54) is 7.11 Å². The highest BCUT2D eigenvalue weighted by molar-refractivity contribution is 5.95. The predicted octanol–water partition coefficient (Wildman–Crippen LogP) is 1.80. The fraction of sp³-hybridized carbons (Fsp3) is 0.308. The van der Waals surface area contributed by atoms with E-state index >= 15 is 0 Å². The van der Waals surface area contributed by atoms with Crippen LogP contribution in [-0.2, 0) is 16.1 Å². The predicted molar refractivity (Wildman–Crippen MR) is 66.4 cm³/mol. The molecule has 5 heteroatoms. The number of rotatable bonds is 5. The fourth-order valence-corrected chi connectivity index (χ4v) is 1.91. The van der Waals surface area contributed by atoms with E-state index in [1.54, 1.807) is 18.5 Å². The standard InChI is InChI=1S/C13H14N2O3/c1-18-12(17)5-3-7-15-8-10(9-16)11-4-2-6-14-13(11)15/h2,4,6,8-9H,3,5,7H2,1H3. The second-order valence-corrected chi connectivity index (χ2v) is 3.95. The van der Waals surface area contributed by atoms with Crippen molar-refractivity contribution in [2.75, 3.05) is 7.11 Å². The first kappa shape index (κ1) is 12.3. The number of ether oxygens (including phenoxy) is 1. The van der Waals surface area contributed by atoms with Crippen LogP contribution in [0.4, 0.5) is 0 Å². The van der Waals surface area contributed by atoms with Gasteiger partial charge in [-0.2, -0.15) is 0 Å². The smallest absolute Gasteiger partial charge is 0.305 e. The zero-order valence-electron chi connectivity index (χ0n) is 10.1. The van der Waals surface area contributed by atoms with E-state index in [2.05, 4.69) is 9.72 Å². The maximum Gasteiger partial charge on any atom is 0.305 e. The summed E-state index contributed by atoms with van der Waals surface area (Å²) in [6.07, 6.45) is 5.29. The summed E-state index contributed by atoms with van der Waals surface area (Å²) in [4.78, 5) is 26.2. The summed E-state index contributed by atoms with van der Waals surface area (Å²) in [7, 11) is 1.37. The Morgan fingerprint density at radius 1 is 1.56 bits per heavy atom. The minimum absolute atomic E-state index is 0.227. The molecule has 0 saturated heterocycles. The van der Waals surface area contributed by atoms with Crippen LogP contribution in [0.5, 0.6) is 0 Å². The topological polar surface area (TPSA) is 61.2 Å². The lowest BCUT2D eigenvalue weighted by Crippen LogP contribution is -2.04. The van der Waals surface area contributed by atoms with Crippen LogP contribution in [0.25, 0.3) is 11.0 Å². The van der Waals surface area contributed by atoms with Gasteiger partial charge in [0.25, 0.3) is 0 Å². The highest BCUT2D eigenvalue weighted by atomic mass is 16.5. The number of pyridine rings is 1. The normalized spacial score (nSPS) is 10.5. The highest BCUT2D eigenvalue weighted by Crippen LogP contribution is 2.18. The van der Waals surface area contributed by atoms with Crippen LogP contribution in [-0.4, -0.2) is 28.9 Å². The molecular weight excluding hydrogens is 232 g/mol. The Balaban J connectivity index is 2.18. The first-order valence-electron chi connectivity index (χ1n) is 5.72. The van der Waals surface area contributed by atoms with Crippen LogP contribution in [0.15, 0.2) is 24.5 Å². The molecule has 0 amide bonds. The molecule has 0 aliphatic rings. The number of nitrogens with zero attached hydrogens (tertiary/aromatic N) is 2. The number of fused-ring (bicyclic) bond motifs is 1. The monoisotopic (exact) mass is 246 g/mol.